The van der Waals surface area contributed by atoms with E-state index in [-0.39, 0.29) is 0 Å². The van der Waals surface area contributed by atoms with Crippen molar-refractivity contribution in [3.05, 3.63) is 39.2 Å². The van der Waals surface area contributed by atoms with Crippen molar-refractivity contribution in [3.8, 4) is 22.8 Å². The Morgan fingerprint density at radius 1 is 1.30 bits per heavy atom. The molecule has 0 amide bonds. The van der Waals surface area contributed by atoms with Gasteiger partial charge in [0.15, 0.2) is 0 Å². The smallest absolute Gasteiger partial charge is 0.261 e. The molecule has 3 rings (SSSR count). The molecule has 0 fully saturated rings. The molecule has 0 bridgehead atoms. The van der Waals surface area contributed by atoms with Crippen LogP contribution in [-0.2, 0) is 0 Å². The second-order valence-electron chi connectivity index (χ2n) is 4.46. The largest absolute Gasteiger partial charge is 0.390 e. The molecule has 4 nitrogen and oxygen atoms in total. The van der Waals surface area contributed by atoms with Crippen LogP contribution in [-0.4, -0.2) is 10.1 Å². The van der Waals surface area contributed by atoms with E-state index in [0.29, 0.717) is 16.7 Å². The predicted molar refractivity (Wildman–Crippen MR) is 84.6 cm³/mol. The zero-order valence-corrected chi connectivity index (χ0v) is 13.4. The fourth-order valence-electron chi connectivity index (χ4n) is 1.99. The summed E-state index contributed by atoms with van der Waals surface area (Å²) in [5.41, 5.74) is 8.87. The Balaban J connectivity index is 2.06. The van der Waals surface area contributed by atoms with Gasteiger partial charge in [-0.25, -0.2) is 0 Å². The van der Waals surface area contributed by atoms with Gasteiger partial charge >= 0.3 is 0 Å². The highest BCUT2D eigenvalue weighted by atomic mass is 79.9. The van der Waals surface area contributed by atoms with E-state index >= 15 is 0 Å². The van der Waals surface area contributed by atoms with Crippen molar-refractivity contribution >= 4 is 32.3 Å². The summed E-state index contributed by atoms with van der Waals surface area (Å²) < 4.78 is 6.35. The lowest BCUT2D eigenvalue weighted by Crippen LogP contribution is -1.86. The lowest BCUT2D eigenvalue weighted by Gasteiger charge is -1.95. The van der Waals surface area contributed by atoms with Gasteiger partial charge in [0.05, 0.1) is 10.6 Å². The molecule has 0 unspecified atom stereocenters. The van der Waals surface area contributed by atoms with Crippen molar-refractivity contribution in [1.82, 2.24) is 10.1 Å². The Hall–Kier alpha value is -1.66. The maximum absolute atomic E-state index is 6.03. The first-order valence-electron chi connectivity index (χ1n) is 6.01. The van der Waals surface area contributed by atoms with Crippen molar-refractivity contribution in [2.24, 2.45) is 0 Å². The van der Waals surface area contributed by atoms with Gasteiger partial charge < -0.3 is 10.3 Å². The third-order valence-corrected chi connectivity index (χ3v) is 4.66. The highest BCUT2D eigenvalue weighted by Gasteiger charge is 2.19. The minimum Gasteiger partial charge on any atom is -0.390 e. The third-order valence-electron chi connectivity index (χ3n) is 3.14. The zero-order chi connectivity index (χ0) is 14.3. The first-order chi connectivity index (χ1) is 9.56. The zero-order valence-electron chi connectivity index (χ0n) is 11.0. The number of halogens is 1. The van der Waals surface area contributed by atoms with Gasteiger partial charge in [-0.15, -0.1) is 11.3 Å². The van der Waals surface area contributed by atoms with Gasteiger partial charge in [-0.1, -0.05) is 33.2 Å². The van der Waals surface area contributed by atoms with E-state index < -0.39 is 0 Å². The summed E-state index contributed by atoms with van der Waals surface area (Å²) in [5, 5.41) is 4.75. The summed E-state index contributed by atoms with van der Waals surface area (Å²) in [7, 11) is 0. The minimum atomic E-state index is 0.472. The Morgan fingerprint density at radius 2 is 2.10 bits per heavy atom. The molecule has 0 spiro atoms. The van der Waals surface area contributed by atoms with Gasteiger partial charge in [-0.2, -0.15) is 4.98 Å². The Labute approximate surface area is 128 Å². The van der Waals surface area contributed by atoms with Crippen LogP contribution in [0.15, 0.2) is 33.3 Å². The average Bonchev–Trinajstić information content (AvgIpc) is 2.96. The van der Waals surface area contributed by atoms with Crippen molar-refractivity contribution in [1.29, 1.82) is 0 Å². The average molecular weight is 350 g/mol. The van der Waals surface area contributed by atoms with E-state index in [1.54, 1.807) is 11.3 Å². The fraction of sp³-hybridized carbons (Fsp3) is 0.143. The van der Waals surface area contributed by atoms with Crippen LogP contribution >= 0.6 is 27.3 Å². The predicted octanol–water partition coefficient (Wildman–Crippen LogP) is 4.43. The molecule has 6 heteroatoms. The molecule has 0 aliphatic rings. The van der Waals surface area contributed by atoms with Crippen LogP contribution in [0.25, 0.3) is 22.8 Å². The molecular weight excluding hydrogens is 338 g/mol. The van der Waals surface area contributed by atoms with E-state index in [1.807, 2.05) is 38.1 Å². The number of hydrogen-bond donors (Lipinski definition) is 1. The first kappa shape index (κ1) is 13.3. The molecule has 0 aliphatic heterocycles. The molecule has 0 saturated heterocycles. The molecule has 0 aliphatic carbocycles. The summed E-state index contributed by atoms with van der Waals surface area (Å²) >= 11 is 4.97. The van der Waals surface area contributed by atoms with Crippen molar-refractivity contribution in [2.45, 2.75) is 13.8 Å². The van der Waals surface area contributed by atoms with Gasteiger partial charge in [0.25, 0.3) is 5.89 Å². The number of aromatic nitrogens is 2. The number of hydrogen-bond acceptors (Lipinski definition) is 5. The lowest BCUT2D eigenvalue weighted by molar-refractivity contribution is 0.432. The highest BCUT2D eigenvalue weighted by Crippen LogP contribution is 2.37. The van der Waals surface area contributed by atoms with Gasteiger partial charge in [0.1, 0.15) is 0 Å². The van der Waals surface area contributed by atoms with E-state index in [2.05, 4.69) is 26.1 Å². The van der Waals surface area contributed by atoms with Gasteiger partial charge in [0, 0.05) is 14.9 Å². The first-order valence-corrected chi connectivity index (χ1v) is 7.62. The molecule has 3 aromatic rings. The summed E-state index contributed by atoms with van der Waals surface area (Å²) in [5.74, 6) is 1.03. The molecule has 2 heterocycles. The number of anilines is 1. The number of thiophene rings is 1. The number of nitrogens with two attached hydrogens (primary N) is 1. The van der Waals surface area contributed by atoms with Crippen LogP contribution in [0.4, 0.5) is 5.00 Å². The molecule has 0 radical (unpaired) electrons. The Kier molecular flexibility index (Phi) is 3.35. The van der Waals surface area contributed by atoms with Crippen LogP contribution in [0.2, 0.25) is 0 Å². The molecule has 102 valence electrons. The summed E-state index contributed by atoms with van der Waals surface area (Å²) in [6.45, 7) is 4.05. The standard InChI is InChI=1S/C14H12BrN3OS/c1-7-8(2)20-12(16)11(7)14-17-13(18-19-14)9-4-3-5-10(15)6-9/h3-6H,16H2,1-2H3. The summed E-state index contributed by atoms with van der Waals surface area (Å²) in [6, 6.07) is 7.77. The van der Waals surface area contributed by atoms with Gasteiger partial charge in [-0.3, -0.25) is 0 Å². The molecule has 2 N–H and O–H groups in total. The maximum Gasteiger partial charge on any atom is 0.261 e. The Bertz CT molecular complexity index is 779. The SMILES string of the molecule is Cc1sc(N)c(-c2nc(-c3cccc(Br)c3)no2)c1C. The number of rotatable bonds is 2. The quantitative estimate of drug-likeness (QED) is 0.743. The maximum atomic E-state index is 6.03. The summed E-state index contributed by atoms with van der Waals surface area (Å²) in [4.78, 5) is 5.62. The summed E-state index contributed by atoms with van der Waals surface area (Å²) in [6.07, 6.45) is 0. The van der Waals surface area contributed by atoms with Gasteiger partial charge in [-0.05, 0) is 31.5 Å². The van der Waals surface area contributed by atoms with Crippen LogP contribution in [0.3, 0.4) is 0 Å². The second kappa shape index (κ2) is 5.03. The molecule has 0 atom stereocenters. The second-order valence-corrected chi connectivity index (χ2v) is 6.63. The van der Waals surface area contributed by atoms with Crippen molar-refractivity contribution in [2.75, 3.05) is 5.73 Å². The van der Waals surface area contributed by atoms with Crippen LogP contribution < -0.4 is 5.73 Å². The molecule has 0 saturated carbocycles. The number of benzene rings is 1. The highest BCUT2D eigenvalue weighted by molar-refractivity contribution is 9.10. The topological polar surface area (TPSA) is 64.9 Å². The van der Waals surface area contributed by atoms with Crippen LogP contribution in [0.1, 0.15) is 10.4 Å². The molecular formula is C14H12BrN3OS. The van der Waals surface area contributed by atoms with Crippen LogP contribution in [0, 0.1) is 13.8 Å². The molecule has 20 heavy (non-hydrogen) atoms. The van der Waals surface area contributed by atoms with E-state index in [4.69, 9.17) is 10.3 Å². The number of aryl methyl sites for hydroxylation is 1. The van der Waals surface area contributed by atoms with E-state index in [9.17, 15) is 0 Å². The third kappa shape index (κ3) is 2.25. The monoisotopic (exact) mass is 349 g/mol. The van der Waals surface area contributed by atoms with Crippen molar-refractivity contribution in [3.63, 3.8) is 0 Å². The molecule has 2 aromatic heterocycles. The lowest BCUT2D eigenvalue weighted by atomic mass is 10.1. The molecule has 1 aromatic carbocycles. The number of nitrogen functional groups attached to an aromatic ring is 1. The Morgan fingerprint density at radius 3 is 2.75 bits per heavy atom. The minimum absolute atomic E-state index is 0.472. The van der Waals surface area contributed by atoms with E-state index in [1.165, 1.54) is 4.88 Å². The van der Waals surface area contributed by atoms with E-state index in [0.717, 1.165) is 21.2 Å². The van der Waals surface area contributed by atoms with Gasteiger partial charge in [0.2, 0.25) is 5.82 Å². The van der Waals surface area contributed by atoms with Crippen LogP contribution in [0.5, 0.6) is 0 Å². The number of nitrogens with zero attached hydrogens (tertiary/aromatic N) is 2. The normalized spacial score (nSPS) is 10.9. The van der Waals surface area contributed by atoms with Crippen molar-refractivity contribution < 1.29 is 4.52 Å². The fourth-order valence-corrected chi connectivity index (χ4v) is 3.32.